The minimum atomic E-state index is -0.977. The average molecular weight is 204 g/mol. The third-order valence-corrected chi connectivity index (χ3v) is 1.91. The van der Waals surface area contributed by atoms with Crippen molar-refractivity contribution in [2.45, 2.75) is 6.42 Å². The topological polar surface area (TPSA) is 62.3 Å². The van der Waals surface area contributed by atoms with Gasteiger partial charge in [-0.15, -0.1) is 0 Å². The van der Waals surface area contributed by atoms with Crippen LogP contribution in [0, 0.1) is 5.41 Å². The molecule has 2 heterocycles. The Labute approximate surface area is 87.7 Å². The summed E-state index contributed by atoms with van der Waals surface area (Å²) in [6, 6.07) is 3.89. The van der Waals surface area contributed by atoms with Crippen molar-refractivity contribution in [3.05, 3.63) is 36.8 Å². The van der Waals surface area contributed by atoms with Crippen LogP contribution in [0.1, 0.15) is 6.42 Å². The van der Waals surface area contributed by atoms with E-state index in [9.17, 15) is 9.59 Å². The Kier molecular flexibility index (Phi) is 4.22. The fourth-order valence-electron chi connectivity index (χ4n) is 1.01. The highest BCUT2D eigenvalue weighted by molar-refractivity contribution is 6.04. The number of carbonyl (C=O) groups excluding carboxylic acids is 2. The van der Waals surface area contributed by atoms with E-state index in [0.29, 0.717) is 19.0 Å². The molecule has 2 rings (SSSR count). The number of hydrogen-bond donors (Lipinski definition) is 1. The van der Waals surface area contributed by atoms with Crippen LogP contribution in [0.3, 0.4) is 0 Å². The quantitative estimate of drug-likeness (QED) is 0.584. The molecule has 0 aliphatic carbocycles. The SMILES string of the molecule is O=CC1(C=O)C=NC=CC1.c1cc[nH]c1. The van der Waals surface area contributed by atoms with Gasteiger partial charge in [0.15, 0.2) is 0 Å². The normalized spacial score (nSPS) is 16.3. The molecule has 0 atom stereocenters. The molecule has 0 radical (unpaired) electrons. The number of aromatic amines is 1. The molecule has 15 heavy (non-hydrogen) atoms. The molecule has 0 saturated heterocycles. The molecule has 0 bridgehead atoms. The van der Waals surface area contributed by atoms with Crippen molar-refractivity contribution >= 4 is 18.8 Å². The van der Waals surface area contributed by atoms with Gasteiger partial charge in [0, 0.05) is 24.8 Å². The molecule has 0 amide bonds. The summed E-state index contributed by atoms with van der Waals surface area (Å²) >= 11 is 0. The zero-order chi connectivity index (χ0) is 11.0. The molecule has 0 saturated carbocycles. The monoisotopic (exact) mass is 204 g/mol. The van der Waals surface area contributed by atoms with E-state index in [1.165, 1.54) is 6.21 Å². The number of rotatable bonds is 2. The number of nitrogens with one attached hydrogen (secondary N) is 1. The third-order valence-electron chi connectivity index (χ3n) is 1.91. The van der Waals surface area contributed by atoms with Crippen LogP contribution < -0.4 is 0 Å². The van der Waals surface area contributed by atoms with Crippen LogP contribution in [0.15, 0.2) is 41.8 Å². The molecular weight excluding hydrogens is 192 g/mol. The lowest BCUT2D eigenvalue weighted by atomic mass is 9.88. The van der Waals surface area contributed by atoms with Crippen molar-refractivity contribution in [3.63, 3.8) is 0 Å². The van der Waals surface area contributed by atoms with Crippen LogP contribution in [0.5, 0.6) is 0 Å². The summed E-state index contributed by atoms with van der Waals surface area (Å²) in [5.74, 6) is 0. The second-order valence-electron chi connectivity index (χ2n) is 3.10. The molecule has 0 aromatic carbocycles. The Balaban J connectivity index is 0.000000187. The van der Waals surface area contributed by atoms with Gasteiger partial charge in [-0.05, 0) is 18.6 Å². The van der Waals surface area contributed by atoms with Gasteiger partial charge < -0.3 is 14.6 Å². The molecule has 1 aliphatic heterocycles. The minimum absolute atomic E-state index is 0.434. The fourth-order valence-corrected chi connectivity index (χ4v) is 1.01. The van der Waals surface area contributed by atoms with Gasteiger partial charge >= 0.3 is 0 Å². The number of allylic oxidation sites excluding steroid dienone is 1. The second-order valence-corrected chi connectivity index (χ2v) is 3.10. The molecule has 0 spiro atoms. The van der Waals surface area contributed by atoms with Crippen molar-refractivity contribution in [1.82, 2.24) is 4.98 Å². The van der Waals surface area contributed by atoms with Crippen LogP contribution in [-0.4, -0.2) is 23.8 Å². The van der Waals surface area contributed by atoms with E-state index >= 15 is 0 Å². The zero-order valence-corrected chi connectivity index (χ0v) is 8.17. The number of nitrogens with zero attached hydrogens (tertiary/aromatic N) is 1. The Morgan fingerprint density at radius 1 is 1.20 bits per heavy atom. The van der Waals surface area contributed by atoms with E-state index in [0.717, 1.165) is 0 Å². The van der Waals surface area contributed by atoms with Crippen molar-refractivity contribution in [3.8, 4) is 0 Å². The molecule has 0 fully saturated rings. The average Bonchev–Trinajstić information content (AvgIpc) is 2.89. The van der Waals surface area contributed by atoms with Crippen LogP contribution in [0.2, 0.25) is 0 Å². The Bertz CT molecular complexity index is 327. The molecule has 1 N–H and O–H groups in total. The van der Waals surface area contributed by atoms with Gasteiger partial charge in [-0.2, -0.15) is 0 Å². The van der Waals surface area contributed by atoms with E-state index in [4.69, 9.17) is 0 Å². The van der Waals surface area contributed by atoms with Crippen LogP contribution in [0.25, 0.3) is 0 Å². The first-order valence-electron chi connectivity index (χ1n) is 4.53. The molecule has 4 nitrogen and oxygen atoms in total. The predicted octanol–water partition coefficient (Wildman–Crippen LogP) is 1.37. The number of carbonyl (C=O) groups is 2. The van der Waals surface area contributed by atoms with Crippen molar-refractivity contribution in [2.75, 3.05) is 0 Å². The first-order chi connectivity index (χ1) is 7.33. The van der Waals surface area contributed by atoms with E-state index in [1.54, 1.807) is 12.3 Å². The maximum Gasteiger partial charge on any atom is 0.138 e. The van der Waals surface area contributed by atoms with E-state index in [-0.39, 0.29) is 0 Å². The second kappa shape index (κ2) is 5.70. The van der Waals surface area contributed by atoms with Gasteiger partial charge in [-0.3, -0.25) is 4.99 Å². The lowest BCUT2D eigenvalue weighted by Crippen LogP contribution is -2.26. The van der Waals surface area contributed by atoms with Gasteiger partial charge in [0.05, 0.1) is 0 Å². The third kappa shape index (κ3) is 3.34. The van der Waals surface area contributed by atoms with Gasteiger partial charge in [0.1, 0.15) is 18.0 Å². The van der Waals surface area contributed by atoms with Crippen molar-refractivity contribution in [1.29, 1.82) is 0 Å². The Morgan fingerprint density at radius 3 is 2.13 bits per heavy atom. The first-order valence-corrected chi connectivity index (χ1v) is 4.53. The minimum Gasteiger partial charge on any atom is -0.368 e. The predicted molar refractivity (Wildman–Crippen MR) is 57.6 cm³/mol. The highest BCUT2D eigenvalue weighted by atomic mass is 16.1. The van der Waals surface area contributed by atoms with Crippen LogP contribution in [0.4, 0.5) is 0 Å². The number of aldehydes is 2. The number of aromatic nitrogens is 1. The molecule has 1 aromatic rings. The molecule has 78 valence electrons. The first kappa shape index (κ1) is 11.1. The van der Waals surface area contributed by atoms with Gasteiger partial charge in [0.25, 0.3) is 0 Å². The summed E-state index contributed by atoms with van der Waals surface area (Å²) in [5, 5.41) is 0. The summed E-state index contributed by atoms with van der Waals surface area (Å²) in [4.78, 5) is 27.3. The van der Waals surface area contributed by atoms with Crippen LogP contribution in [-0.2, 0) is 9.59 Å². The standard InChI is InChI=1S/C7H7NO2.C4H5N/c9-5-7(6-10)2-1-3-8-4-7;1-2-4-5-3-1/h1,3-6H,2H2;1-5H. The molecular formula is C11H12N2O2. The molecule has 4 heteroatoms. The van der Waals surface area contributed by atoms with Crippen molar-refractivity contribution < 1.29 is 9.59 Å². The van der Waals surface area contributed by atoms with Gasteiger partial charge in [-0.25, -0.2) is 0 Å². The Morgan fingerprint density at radius 2 is 1.87 bits per heavy atom. The van der Waals surface area contributed by atoms with E-state index in [2.05, 4.69) is 9.98 Å². The van der Waals surface area contributed by atoms with Crippen molar-refractivity contribution in [2.24, 2.45) is 10.4 Å². The Hall–Kier alpha value is -1.97. The number of hydrogen-bond acceptors (Lipinski definition) is 3. The summed E-state index contributed by atoms with van der Waals surface area (Å²) in [6.07, 6.45) is 10.1. The van der Waals surface area contributed by atoms with E-state index in [1.807, 2.05) is 24.5 Å². The summed E-state index contributed by atoms with van der Waals surface area (Å²) < 4.78 is 0. The summed E-state index contributed by atoms with van der Waals surface area (Å²) in [7, 11) is 0. The summed E-state index contributed by atoms with van der Waals surface area (Å²) in [6.45, 7) is 0. The van der Waals surface area contributed by atoms with Crippen LogP contribution >= 0.6 is 0 Å². The number of H-pyrrole nitrogens is 1. The van der Waals surface area contributed by atoms with Gasteiger partial charge in [-0.1, -0.05) is 6.08 Å². The summed E-state index contributed by atoms with van der Waals surface area (Å²) in [5.41, 5.74) is -0.977. The molecule has 0 unspecified atom stereocenters. The maximum atomic E-state index is 10.4. The van der Waals surface area contributed by atoms with Gasteiger partial charge in [0.2, 0.25) is 0 Å². The zero-order valence-electron chi connectivity index (χ0n) is 8.17. The molecule has 1 aromatic heterocycles. The maximum absolute atomic E-state index is 10.4. The fraction of sp³-hybridized carbons (Fsp3) is 0.182. The lowest BCUT2D eigenvalue weighted by molar-refractivity contribution is -0.121. The number of aliphatic imine (C=N–C) groups is 1. The molecule has 1 aliphatic rings. The highest BCUT2D eigenvalue weighted by Crippen LogP contribution is 2.16. The smallest absolute Gasteiger partial charge is 0.138 e. The lowest BCUT2D eigenvalue weighted by Gasteiger charge is -2.14. The van der Waals surface area contributed by atoms with E-state index < -0.39 is 5.41 Å². The highest BCUT2D eigenvalue weighted by Gasteiger charge is 2.26. The largest absolute Gasteiger partial charge is 0.368 e.